The average molecular weight is 193 g/mol. The highest BCUT2D eigenvalue weighted by molar-refractivity contribution is 5.76. The third-order valence-corrected chi connectivity index (χ3v) is 1.58. The van der Waals surface area contributed by atoms with Gasteiger partial charge in [-0.15, -0.1) is 0 Å². The zero-order chi connectivity index (χ0) is 10.4. The molecule has 1 aromatic carbocycles. The number of nitrogens with one attached hydrogen (secondary N) is 1. The van der Waals surface area contributed by atoms with Crippen molar-refractivity contribution in [2.24, 2.45) is 0 Å². The number of carboxylic acid groups (broad SMARTS) is 1. The van der Waals surface area contributed by atoms with Crippen LogP contribution >= 0.6 is 0 Å². The molecule has 2 N–H and O–H groups in total. The summed E-state index contributed by atoms with van der Waals surface area (Å²) in [6.45, 7) is 0. The predicted octanol–water partition coefficient (Wildman–Crippen LogP) is 2.32. The molecular formula is C10H11NO3. The van der Waals surface area contributed by atoms with Crippen molar-refractivity contribution in [1.29, 1.82) is 0 Å². The summed E-state index contributed by atoms with van der Waals surface area (Å²) in [5.41, 5.74) is 0.956. The summed E-state index contributed by atoms with van der Waals surface area (Å²) in [4.78, 5) is 9.26. The lowest BCUT2D eigenvalue weighted by Crippen LogP contribution is -2.13. The van der Waals surface area contributed by atoms with Gasteiger partial charge in [-0.1, -0.05) is 18.2 Å². The van der Waals surface area contributed by atoms with E-state index >= 15 is 0 Å². The van der Waals surface area contributed by atoms with Gasteiger partial charge >= 0.3 is 6.09 Å². The molecule has 0 aliphatic carbocycles. The van der Waals surface area contributed by atoms with Crippen LogP contribution in [0.15, 0.2) is 41.0 Å². The fourth-order valence-corrected chi connectivity index (χ4v) is 0.906. The second kappa shape index (κ2) is 4.91. The van der Waals surface area contributed by atoms with Crippen molar-refractivity contribution in [3.05, 3.63) is 36.6 Å². The Balaban J connectivity index is 0.000000171. The molecule has 0 spiro atoms. The third-order valence-electron chi connectivity index (χ3n) is 1.58. The molecule has 1 heterocycles. The van der Waals surface area contributed by atoms with Crippen LogP contribution in [0.5, 0.6) is 0 Å². The standard InChI is InChI=1S/C8H6O.C2H5NO2/c1-2-4-8-7(3-1)5-6-9-8;1-3-2(4)5/h1-6H;3H,1H3,(H,4,5). The first-order chi connectivity index (χ1) is 6.74. The lowest BCUT2D eigenvalue weighted by molar-refractivity contribution is 0.197. The summed E-state index contributed by atoms with van der Waals surface area (Å²) in [5.74, 6) is 0. The first-order valence-electron chi connectivity index (χ1n) is 4.07. The Morgan fingerprint density at radius 1 is 1.36 bits per heavy atom. The zero-order valence-corrected chi connectivity index (χ0v) is 7.73. The molecule has 0 atom stereocenters. The number of carbonyl (C=O) groups is 1. The molecule has 0 aliphatic heterocycles. The molecular weight excluding hydrogens is 182 g/mol. The number of rotatable bonds is 0. The summed E-state index contributed by atoms with van der Waals surface area (Å²) >= 11 is 0. The molecule has 0 saturated carbocycles. The van der Waals surface area contributed by atoms with Gasteiger partial charge < -0.3 is 14.8 Å². The first kappa shape index (κ1) is 10.1. The first-order valence-corrected chi connectivity index (χ1v) is 4.07. The minimum atomic E-state index is -0.995. The van der Waals surface area contributed by atoms with E-state index in [4.69, 9.17) is 9.52 Å². The maximum Gasteiger partial charge on any atom is 0.404 e. The van der Waals surface area contributed by atoms with E-state index in [2.05, 4.69) is 0 Å². The smallest absolute Gasteiger partial charge is 0.404 e. The molecule has 0 bridgehead atoms. The van der Waals surface area contributed by atoms with E-state index in [1.807, 2.05) is 35.6 Å². The summed E-state index contributed by atoms with van der Waals surface area (Å²) in [5, 5.41) is 10.7. The highest BCUT2D eigenvalue weighted by Gasteiger charge is 1.89. The Hall–Kier alpha value is -1.97. The molecule has 0 radical (unpaired) electrons. The van der Waals surface area contributed by atoms with Crippen LogP contribution in [0.1, 0.15) is 0 Å². The maximum atomic E-state index is 9.26. The SMILES string of the molecule is CNC(=O)O.c1ccc2occc2c1. The van der Waals surface area contributed by atoms with Crippen LogP contribution in [0, 0.1) is 0 Å². The van der Waals surface area contributed by atoms with Crippen molar-refractivity contribution < 1.29 is 14.3 Å². The molecule has 14 heavy (non-hydrogen) atoms. The quantitative estimate of drug-likeness (QED) is 0.674. The number of furan rings is 1. The summed E-state index contributed by atoms with van der Waals surface area (Å²) in [6, 6.07) is 9.90. The molecule has 2 aromatic rings. The van der Waals surface area contributed by atoms with E-state index in [-0.39, 0.29) is 0 Å². The van der Waals surface area contributed by atoms with Gasteiger partial charge in [-0.05, 0) is 12.1 Å². The van der Waals surface area contributed by atoms with Gasteiger partial charge in [-0.25, -0.2) is 4.79 Å². The fourth-order valence-electron chi connectivity index (χ4n) is 0.906. The van der Waals surface area contributed by atoms with Crippen molar-refractivity contribution >= 4 is 17.1 Å². The number of hydrogen-bond donors (Lipinski definition) is 2. The lowest BCUT2D eigenvalue weighted by atomic mass is 10.3. The van der Waals surface area contributed by atoms with E-state index in [1.165, 1.54) is 7.05 Å². The molecule has 2 rings (SSSR count). The number of hydrogen-bond acceptors (Lipinski definition) is 2. The Morgan fingerprint density at radius 3 is 2.57 bits per heavy atom. The Morgan fingerprint density at radius 2 is 2.00 bits per heavy atom. The zero-order valence-electron chi connectivity index (χ0n) is 7.73. The van der Waals surface area contributed by atoms with Crippen LogP contribution in [0.25, 0.3) is 11.0 Å². The minimum Gasteiger partial charge on any atom is -0.465 e. The van der Waals surface area contributed by atoms with E-state index in [0.717, 1.165) is 11.0 Å². The number of amides is 1. The van der Waals surface area contributed by atoms with Crippen LogP contribution in [0.4, 0.5) is 4.79 Å². The van der Waals surface area contributed by atoms with E-state index in [0.29, 0.717) is 0 Å². The van der Waals surface area contributed by atoms with Gasteiger partial charge in [-0.3, -0.25) is 0 Å². The average Bonchev–Trinajstić information content (AvgIpc) is 2.66. The van der Waals surface area contributed by atoms with Gasteiger partial charge in [0.1, 0.15) is 5.58 Å². The lowest BCUT2D eigenvalue weighted by Gasteiger charge is -1.81. The van der Waals surface area contributed by atoms with Crippen LogP contribution in [-0.2, 0) is 0 Å². The van der Waals surface area contributed by atoms with Crippen LogP contribution < -0.4 is 5.32 Å². The Labute approximate surface area is 81.1 Å². The molecule has 0 unspecified atom stereocenters. The van der Waals surface area contributed by atoms with E-state index in [1.54, 1.807) is 6.26 Å². The van der Waals surface area contributed by atoms with Crippen LogP contribution in [0.2, 0.25) is 0 Å². The normalized spacial score (nSPS) is 8.93. The van der Waals surface area contributed by atoms with E-state index < -0.39 is 6.09 Å². The molecule has 4 heteroatoms. The molecule has 1 amide bonds. The van der Waals surface area contributed by atoms with Crippen molar-refractivity contribution in [2.75, 3.05) is 7.05 Å². The molecule has 4 nitrogen and oxygen atoms in total. The van der Waals surface area contributed by atoms with Gasteiger partial charge in [0.15, 0.2) is 0 Å². The summed E-state index contributed by atoms with van der Waals surface area (Å²) in [7, 11) is 1.35. The predicted molar refractivity (Wildman–Crippen MR) is 53.3 cm³/mol. The van der Waals surface area contributed by atoms with Crippen molar-refractivity contribution in [2.45, 2.75) is 0 Å². The Kier molecular flexibility index (Phi) is 3.55. The maximum absolute atomic E-state index is 9.26. The van der Waals surface area contributed by atoms with Gasteiger partial charge in [0.05, 0.1) is 6.26 Å². The number of fused-ring (bicyclic) bond motifs is 1. The fraction of sp³-hybridized carbons (Fsp3) is 0.100. The second-order valence-electron chi connectivity index (χ2n) is 2.51. The highest BCUT2D eigenvalue weighted by Crippen LogP contribution is 2.12. The van der Waals surface area contributed by atoms with Crippen molar-refractivity contribution in [3.8, 4) is 0 Å². The van der Waals surface area contributed by atoms with Gasteiger partial charge in [-0.2, -0.15) is 0 Å². The van der Waals surface area contributed by atoms with Crippen LogP contribution in [-0.4, -0.2) is 18.2 Å². The summed E-state index contributed by atoms with van der Waals surface area (Å²) in [6.07, 6.45) is 0.704. The minimum absolute atomic E-state index is 0.956. The van der Waals surface area contributed by atoms with Gasteiger partial charge in [0.25, 0.3) is 0 Å². The monoisotopic (exact) mass is 193 g/mol. The molecule has 0 fully saturated rings. The number of para-hydroxylation sites is 1. The largest absolute Gasteiger partial charge is 0.465 e. The number of benzene rings is 1. The van der Waals surface area contributed by atoms with Gasteiger partial charge in [0.2, 0.25) is 0 Å². The second-order valence-corrected chi connectivity index (χ2v) is 2.51. The van der Waals surface area contributed by atoms with Crippen LogP contribution in [0.3, 0.4) is 0 Å². The van der Waals surface area contributed by atoms with Crippen molar-refractivity contribution in [3.63, 3.8) is 0 Å². The molecule has 0 saturated heterocycles. The Bertz CT molecular complexity index is 378. The van der Waals surface area contributed by atoms with E-state index in [9.17, 15) is 4.79 Å². The van der Waals surface area contributed by atoms with Gasteiger partial charge in [0, 0.05) is 12.4 Å². The summed E-state index contributed by atoms with van der Waals surface area (Å²) < 4.78 is 5.12. The topological polar surface area (TPSA) is 62.5 Å². The molecule has 1 aromatic heterocycles. The molecule has 74 valence electrons. The third kappa shape index (κ3) is 2.82. The highest BCUT2D eigenvalue weighted by atomic mass is 16.4. The van der Waals surface area contributed by atoms with Crippen molar-refractivity contribution in [1.82, 2.24) is 5.32 Å². The molecule has 0 aliphatic rings.